The summed E-state index contributed by atoms with van der Waals surface area (Å²) in [6, 6.07) is 0.331. The van der Waals surface area contributed by atoms with E-state index >= 15 is 0 Å². The van der Waals surface area contributed by atoms with Crippen molar-refractivity contribution in [2.24, 2.45) is 21.8 Å². The Balaban J connectivity index is 2.93. The summed E-state index contributed by atoms with van der Waals surface area (Å²) in [4.78, 5) is 9.12. The number of nitrogens with zero attached hydrogens (tertiary/aromatic N) is 2. The third kappa shape index (κ3) is 1.82. The maximum atomic E-state index is 4.59. The molecule has 1 aliphatic rings. The summed E-state index contributed by atoms with van der Waals surface area (Å²) in [7, 11) is 0. The molecule has 0 aromatic rings. The van der Waals surface area contributed by atoms with Crippen molar-refractivity contribution in [2.75, 3.05) is 0 Å². The average molecular weight is 180 g/mol. The molecule has 2 atom stereocenters. The van der Waals surface area contributed by atoms with Crippen LogP contribution in [0, 0.1) is 11.8 Å². The molecule has 0 fully saturated rings. The van der Waals surface area contributed by atoms with E-state index in [1.54, 1.807) is 0 Å². The zero-order chi connectivity index (χ0) is 10.1. The summed E-state index contributed by atoms with van der Waals surface area (Å²) >= 11 is 0. The van der Waals surface area contributed by atoms with Crippen molar-refractivity contribution in [3.05, 3.63) is 0 Å². The van der Waals surface area contributed by atoms with Gasteiger partial charge < -0.3 is 0 Å². The van der Waals surface area contributed by atoms with Crippen LogP contribution in [0.4, 0.5) is 0 Å². The number of hydrogen-bond donors (Lipinski definition) is 0. The molecule has 13 heavy (non-hydrogen) atoms. The summed E-state index contributed by atoms with van der Waals surface area (Å²) in [5.41, 5.74) is -0.0110. The van der Waals surface area contributed by atoms with Crippen LogP contribution in [0.1, 0.15) is 34.6 Å². The zero-order valence-electron chi connectivity index (χ0n) is 9.28. The van der Waals surface area contributed by atoms with Gasteiger partial charge in [0.05, 0.1) is 11.6 Å². The van der Waals surface area contributed by atoms with Gasteiger partial charge in [-0.05, 0) is 18.8 Å². The minimum Gasteiger partial charge on any atom is -0.285 e. The third-order valence-corrected chi connectivity index (χ3v) is 3.07. The second kappa shape index (κ2) is 3.60. The molecule has 0 aliphatic carbocycles. The molecule has 0 aromatic carbocycles. The molecule has 0 N–H and O–H groups in total. The molecule has 0 spiro atoms. The van der Waals surface area contributed by atoms with Gasteiger partial charge in [-0.3, -0.25) is 9.98 Å². The van der Waals surface area contributed by atoms with Crippen molar-refractivity contribution in [1.29, 1.82) is 0 Å². The Morgan fingerprint density at radius 3 is 2.15 bits per heavy atom. The summed E-state index contributed by atoms with van der Waals surface area (Å²) in [5, 5.41) is 0. The van der Waals surface area contributed by atoms with Crippen LogP contribution >= 0.6 is 0 Å². The highest BCUT2D eigenvalue weighted by molar-refractivity contribution is 6.16. The first-order valence-electron chi connectivity index (χ1n) is 5.05. The van der Waals surface area contributed by atoms with Gasteiger partial charge in [0.15, 0.2) is 0 Å². The Kier molecular flexibility index (Phi) is 2.89. The Morgan fingerprint density at radius 2 is 1.77 bits per heavy atom. The molecule has 0 amide bonds. The average Bonchev–Trinajstić information content (AvgIpc) is 2.04. The highest BCUT2D eigenvalue weighted by Gasteiger charge is 2.38. The number of aliphatic imine (C=N–C) groups is 2. The van der Waals surface area contributed by atoms with Crippen LogP contribution in [0.2, 0.25) is 0 Å². The highest BCUT2D eigenvalue weighted by Crippen LogP contribution is 2.32. The van der Waals surface area contributed by atoms with Crippen LogP contribution in [-0.4, -0.2) is 24.0 Å². The first kappa shape index (κ1) is 10.4. The topological polar surface area (TPSA) is 24.7 Å². The molecule has 0 saturated heterocycles. The monoisotopic (exact) mass is 180 g/mol. The molecule has 1 rings (SSSR count). The minimum absolute atomic E-state index is 0.0110. The highest BCUT2D eigenvalue weighted by atomic mass is 15.0. The second-order valence-corrected chi connectivity index (χ2v) is 4.65. The summed E-state index contributed by atoms with van der Waals surface area (Å²) in [6.07, 6.45) is 3.66. The quantitative estimate of drug-likeness (QED) is 0.624. The summed E-state index contributed by atoms with van der Waals surface area (Å²) < 4.78 is 0. The van der Waals surface area contributed by atoms with Gasteiger partial charge in [-0.25, -0.2) is 0 Å². The molecule has 2 nitrogen and oxygen atoms in total. The maximum absolute atomic E-state index is 4.59. The molecule has 0 aromatic heterocycles. The fourth-order valence-corrected chi connectivity index (χ4v) is 1.89. The van der Waals surface area contributed by atoms with Crippen LogP contribution in [0.25, 0.3) is 0 Å². The van der Waals surface area contributed by atoms with Gasteiger partial charge in [0.1, 0.15) is 0 Å². The Bertz CT molecular complexity index is 228. The summed E-state index contributed by atoms with van der Waals surface area (Å²) in [5.74, 6) is 1.09. The van der Waals surface area contributed by atoms with Crippen molar-refractivity contribution in [3.63, 3.8) is 0 Å². The molecule has 1 aliphatic heterocycles. The van der Waals surface area contributed by atoms with E-state index in [0.29, 0.717) is 17.9 Å². The van der Waals surface area contributed by atoms with E-state index in [0.717, 1.165) is 0 Å². The van der Waals surface area contributed by atoms with Crippen LogP contribution in [-0.2, 0) is 0 Å². The zero-order valence-corrected chi connectivity index (χ0v) is 9.28. The molecule has 1 heterocycles. The predicted molar refractivity (Wildman–Crippen MR) is 58.9 cm³/mol. The third-order valence-electron chi connectivity index (χ3n) is 3.07. The van der Waals surface area contributed by atoms with Crippen molar-refractivity contribution in [1.82, 2.24) is 0 Å². The lowest BCUT2D eigenvalue weighted by Crippen LogP contribution is -2.46. The van der Waals surface area contributed by atoms with Crippen molar-refractivity contribution in [3.8, 4) is 0 Å². The van der Waals surface area contributed by atoms with E-state index in [-0.39, 0.29) is 5.54 Å². The van der Waals surface area contributed by atoms with E-state index < -0.39 is 0 Å². The van der Waals surface area contributed by atoms with E-state index in [2.05, 4.69) is 44.6 Å². The van der Waals surface area contributed by atoms with Crippen LogP contribution in [0.15, 0.2) is 9.98 Å². The van der Waals surface area contributed by atoms with E-state index in [9.17, 15) is 0 Å². The first-order chi connectivity index (χ1) is 5.98. The molecule has 2 heteroatoms. The normalized spacial score (nSPS) is 33.3. The van der Waals surface area contributed by atoms with Crippen LogP contribution in [0.3, 0.4) is 0 Å². The SMILES string of the molecule is CC(C)C1N=CC=NC1(C)C(C)C. The van der Waals surface area contributed by atoms with Gasteiger partial charge in [0, 0.05) is 12.4 Å². The lowest BCUT2D eigenvalue weighted by Gasteiger charge is -2.39. The van der Waals surface area contributed by atoms with Gasteiger partial charge in [0.25, 0.3) is 0 Å². The molecular weight excluding hydrogens is 160 g/mol. The van der Waals surface area contributed by atoms with Crippen LogP contribution < -0.4 is 0 Å². The fourth-order valence-electron chi connectivity index (χ4n) is 1.89. The van der Waals surface area contributed by atoms with Crippen LogP contribution in [0.5, 0.6) is 0 Å². The standard InChI is InChI=1S/C11H20N2/c1-8(2)10-11(5,9(3)4)13-7-6-12-10/h6-10H,1-5H3. The van der Waals surface area contributed by atoms with Gasteiger partial charge in [0.2, 0.25) is 0 Å². The van der Waals surface area contributed by atoms with Crippen molar-refractivity contribution >= 4 is 12.4 Å². The Hall–Kier alpha value is -0.660. The van der Waals surface area contributed by atoms with E-state index in [1.807, 2.05) is 12.4 Å². The van der Waals surface area contributed by atoms with Gasteiger partial charge in [-0.15, -0.1) is 0 Å². The number of hydrogen-bond acceptors (Lipinski definition) is 2. The van der Waals surface area contributed by atoms with Gasteiger partial charge >= 0.3 is 0 Å². The van der Waals surface area contributed by atoms with E-state index in [1.165, 1.54) is 0 Å². The van der Waals surface area contributed by atoms with Gasteiger partial charge in [-0.2, -0.15) is 0 Å². The minimum atomic E-state index is -0.0110. The molecule has 0 radical (unpaired) electrons. The Labute approximate surface area is 81.2 Å². The molecular formula is C11H20N2. The largest absolute Gasteiger partial charge is 0.285 e. The first-order valence-corrected chi connectivity index (χ1v) is 5.05. The Morgan fingerprint density at radius 1 is 1.15 bits per heavy atom. The molecule has 0 bridgehead atoms. The molecule has 74 valence electrons. The van der Waals surface area contributed by atoms with Crippen molar-refractivity contribution < 1.29 is 0 Å². The second-order valence-electron chi connectivity index (χ2n) is 4.65. The predicted octanol–water partition coefficient (Wildman–Crippen LogP) is 2.58. The smallest absolute Gasteiger partial charge is 0.0828 e. The molecule has 0 saturated carbocycles. The van der Waals surface area contributed by atoms with E-state index in [4.69, 9.17) is 0 Å². The molecule has 2 unspecified atom stereocenters. The van der Waals surface area contributed by atoms with Crippen molar-refractivity contribution in [2.45, 2.75) is 46.2 Å². The number of rotatable bonds is 2. The fraction of sp³-hybridized carbons (Fsp3) is 0.818. The van der Waals surface area contributed by atoms with Gasteiger partial charge in [-0.1, -0.05) is 27.7 Å². The maximum Gasteiger partial charge on any atom is 0.0828 e. The lowest BCUT2D eigenvalue weighted by atomic mass is 9.77. The lowest BCUT2D eigenvalue weighted by molar-refractivity contribution is 0.239. The summed E-state index contributed by atoms with van der Waals surface area (Å²) in [6.45, 7) is 11.1.